The Hall–Kier alpha value is -1.62. The minimum absolute atomic E-state index is 0.0365. The van der Waals surface area contributed by atoms with E-state index >= 15 is 0 Å². The van der Waals surface area contributed by atoms with Crippen LogP contribution in [0.2, 0.25) is 0 Å². The number of nitrogens with one attached hydrogen (secondary N) is 1. The van der Waals surface area contributed by atoms with Crippen molar-refractivity contribution in [3.8, 4) is 0 Å². The van der Waals surface area contributed by atoms with E-state index in [9.17, 15) is 4.79 Å². The van der Waals surface area contributed by atoms with Crippen LogP contribution in [0.1, 0.15) is 18.2 Å². The molecule has 0 aliphatic heterocycles. The molecule has 2 heterocycles. The molecule has 0 unspecified atom stereocenters. The van der Waals surface area contributed by atoms with Crippen molar-refractivity contribution in [3.05, 3.63) is 45.1 Å². The van der Waals surface area contributed by atoms with Gasteiger partial charge < -0.3 is 9.88 Å². The predicted molar refractivity (Wildman–Crippen MR) is 75.3 cm³/mol. The van der Waals surface area contributed by atoms with Crippen LogP contribution in [-0.4, -0.2) is 16.1 Å². The summed E-state index contributed by atoms with van der Waals surface area (Å²) in [5, 5.41) is 5.17. The van der Waals surface area contributed by atoms with Gasteiger partial charge in [0, 0.05) is 30.4 Å². The Bertz CT molecular complexity index is 533. The number of thiophene rings is 1. The second-order valence-electron chi connectivity index (χ2n) is 4.03. The quantitative estimate of drug-likeness (QED) is 0.870. The molecule has 0 aliphatic rings. The molecule has 0 radical (unpaired) electrons. The average Bonchev–Trinajstić information content (AvgIpc) is 2.87. The van der Waals surface area contributed by atoms with Crippen LogP contribution >= 0.6 is 11.3 Å². The van der Waals surface area contributed by atoms with Crippen molar-refractivity contribution in [1.29, 1.82) is 0 Å². The molecule has 4 nitrogen and oxygen atoms in total. The predicted octanol–water partition coefficient (Wildman–Crippen LogP) is 2.37. The van der Waals surface area contributed by atoms with Gasteiger partial charge in [0.25, 0.3) is 5.56 Å². The van der Waals surface area contributed by atoms with Crippen LogP contribution in [0.15, 0.2) is 34.7 Å². The van der Waals surface area contributed by atoms with Gasteiger partial charge in [-0.1, -0.05) is 13.0 Å². The highest BCUT2D eigenvalue weighted by Gasteiger charge is 2.03. The maximum Gasteiger partial charge on any atom is 0.293 e. The van der Waals surface area contributed by atoms with Crippen LogP contribution in [0.4, 0.5) is 5.82 Å². The molecule has 0 amide bonds. The monoisotopic (exact) mass is 263 g/mol. The molecule has 5 heteroatoms. The molecule has 0 atom stereocenters. The molecule has 0 saturated heterocycles. The second-order valence-corrected chi connectivity index (χ2v) is 5.06. The van der Waals surface area contributed by atoms with Crippen molar-refractivity contribution in [3.63, 3.8) is 0 Å². The molecule has 0 spiro atoms. The van der Waals surface area contributed by atoms with Crippen LogP contribution in [0.3, 0.4) is 0 Å². The lowest BCUT2D eigenvalue weighted by atomic mass is 10.3. The van der Waals surface area contributed by atoms with Crippen LogP contribution in [0.25, 0.3) is 0 Å². The Labute approximate surface area is 110 Å². The summed E-state index contributed by atoms with van der Waals surface area (Å²) in [6, 6.07) is 4.13. The van der Waals surface area contributed by atoms with Crippen molar-refractivity contribution in [2.24, 2.45) is 0 Å². The van der Waals surface area contributed by atoms with E-state index in [1.807, 2.05) is 6.07 Å². The summed E-state index contributed by atoms with van der Waals surface area (Å²) < 4.78 is 1.69. The van der Waals surface area contributed by atoms with Crippen molar-refractivity contribution < 1.29 is 0 Å². The van der Waals surface area contributed by atoms with Crippen LogP contribution in [0, 0.1) is 0 Å². The fourth-order valence-corrected chi connectivity index (χ4v) is 2.45. The largest absolute Gasteiger partial charge is 0.365 e. The number of hydrogen-bond acceptors (Lipinski definition) is 4. The Kier molecular flexibility index (Phi) is 4.52. The number of hydrogen-bond donors (Lipinski definition) is 1. The summed E-state index contributed by atoms with van der Waals surface area (Å²) in [5.74, 6) is 0.447. The zero-order chi connectivity index (χ0) is 12.8. The standard InChI is InChI=1S/C13H17N3OS/c1-2-8-16-9-7-15-12(13(16)17)14-6-5-11-4-3-10-18-11/h3-4,7,9-10H,2,5-6,8H2,1H3,(H,14,15). The fraction of sp³-hybridized carbons (Fsp3) is 0.385. The maximum absolute atomic E-state index is 12.0. The number of nitrogens with zero attached hydrogens (tertiary/aromatic N) is 2. The van der Waals surface area contributed by atoms with Gasteiger partial charge >= 0.3 is 0 Å². The molecule has 96 valence electrons. The highest BCUT2D eigenvalue weighted by Crippen LogP contribution is 2.08. The van der Waals surface area contributed by atoms with Gasteiger partial charge in [0.05, 0.1) is 0 Å². The molecule has 0 saturated carbocycles. The zero-order valence-corrected chi connectivity index (χ0v) is 11.2. The topological polar surface area (TPSA) is 46.9 Å². The first-order chi connectivity index (χ1) is 8.81. The third-order valence-electron chi connectivity index (χ3n) is 2.62. The molecule has 2 rings (SSSR count). The van der Waals surface area contributed by atoms with E-state index in [4.69, 9.17) is 0 Å². The Morgan fingerprint density at radius 1 is 1.50 bits per heavy atom. The van der Waals surface area contributed by atoms with Gasteiger partial charge in [-0.3, -0.25) is 4.79 Å². The molecule has 0 aromatic carbocycles. The summed E-state index contributed by atoms with van der Waals surface area (Å²) in [5.41, 5.74) is -0.0365. The van der Waals surface area contributed by atoms with Gasteiger partial charge in [-0.05, 0) is 24.3 Å². The second kappa shape index (κ2) is 6.35. The summed E-state index contributed by atoms with van der Waals surface area (Å²) >= 11 is 1.73. The van der Waals surface area contributed by atoms with E-state index in [2.05, 4.69) is 28.7 Å². The van der Waals surface area contributed by atoms with Gasteiger partial charge in [0.1, 0.15) is 0 Å². The summed E-state index contributed by atoms with van der Waals surface area (Å²) in [4.78, 5) is 17.4. The van der Waals surface area contributed by atoms with E-state index < -0.39 is 0 Å². The molecule has 18 heavy (non-hydrogen) atoms. The molecule has 0 fully saturated rings. The molecular weight excluding hydrogens is 246 g/mol. The minimum Gasteiger partial charge on any atom is -0.365 e. The summed E-state index contributed by atoms with van der Waals surface area (Å²) in [6.07, 6.45) is 5.26. The SMILES string of the molecule is CCCn1ccnc(NCCc2cccs2)c1=O. The first kappa shape index (κ1) is 12.8. The van der Waals surface area contributed by atoms with E-state index in [1.165, 1.54) is 4.88 Å². The van der Waals surface area contributed by atoms with E-state index in [0.29, 0.717) is 5.82 Å². The van der Waals surface area contributed by atoms with Crippen molar-refractivity contribution >= 4 is 17.2 Å². The van der Waals surface area contributed by atoms with Gasteiger partial charge in [0.2, 0.25) is 0 Å². The van der Waals surface area contributed by atoms with E-state index in [-0.39, 0.29) is 5.56 Å². The average molecular weight is 263 g/mol. The first-order valence-corrected chi connectivity index (χ1v) is 7.01. The molecule has 0 aliphatic carbocycles. The summed E-state index contributed by atoms with van der Waals surface area (Å²) in [6.45, 7) is 3.52. The number of rotatable bonds is 6. The lowest BCUT2D eigenvalue weighted by Gasteiger charge is -2.07. The van der Waals surface area contributed by atoms with Crippen LogP contribution in [-0.2, 0) is 13.0 Å². The van der Waals surface area contributed by atoms with Gasteiger partial charge in [-0.15, -0.1) is 11.3 Å². The number of anilines is 1. The molecule has 2 aromatic heterocycles. The fourth-order valence-electron chi connectivity index (χ4n) is 1.74. The zero-order valence-electron chi connectivity index (χ0n) is 10.4. The lowest BCUT2D eigenvalue weighted by molar-refractivity contribution is 0.649. The normalized spacial score (nSPS) is 10.5. The first-order valence-electron chi connectivity index (χ1n) is 6.13. The number of aryl methyl sites for hydroxylation is 1. The Morgan fingerprint density at radius 2 is 2.39 bits per heavy atom. The minimum atomic E-state index is -0.0365. The van der Waals surface area contributed by atoms with Gasteiger partial charge in [-0.25, -0.2) is 4.98 Å². The Balaban J connectivity index is 1.97. The van der Waals surface area contributed by atoms with Crippen LogP contribution < -0.4 is 10.9 Å². The van der Waals surface area contributed by atoms with Gasteiger partial charge in [0.15, 0.2) is 5.82 Å². The smallest absolute Gasteiger partial charge is 0.293 e. The van der Waals surface area contributed by atoms with Crippen molar-refractivity contribution in [2.45, 2.75) is 26.3 Å². The Morgan fingerprint density at radius 3 is 3.11 bits per heavy atom. The van der Waals surface area contributed by atoms with E-state index in [1.54, 1.807) is 28.3 Å². The molecular formula is C13H17N3OS. The molecule has 0 bridgehead atoms. The molecule has 1 N–H and O–H groups in total. The van der Waals surface area contributed by atoms with Gasteiger partial charge in [-0.2, -0.15) is 0 Å². The lowest BCUT2D eigenvalue weighted by Crippen LogP contribution is -2.24. The van der Waals surface area contributed by atoms with Crippen molar-refractivity contribution in [1.82, 2.24) is 9.55 Å². The third-order valence-corrected chi connectivity index (χ3v) is 3.56. The van der Waals surface area contributed by atoms with Crippen molar-refractivity contribution in [2.75, 3.05) is 11.9 Å². The summed E-state index contributed by atoms with van der Waals surface area (Å²) in [7, 11) is 0. The maximum atomic E-state index is 12.0. The van der Waals surface area contributed by atoms with E-state index in [0.717, 1.165) is 25.9 Å². The third kappa shape index (κ3) is 3.20. The molecule has 2 aromatic rings. The highest BCUT2D eigenvalue weighted by molar-refractivity contribution is 7.09. The highest BCUT2D eigenvalue weighted by atomic mass is 32.1. The van der Waals surface area contributed by atoms with Crippen LogP contribution in [0.5, 0.6) is 0 Å². The number of aromatic nitrogens is 2.